The van der Waals surface area contributed by atoms with Crippen LogP contribution in [0.25, 0.3) is 6.08 Å². The van der Waals surface area contributed by atoms with Crippen LogP contribution in [0.5, 0.6) is 0 Å². The third-order valence-electron chi connectivity index (χ3n) is 2.93. The SMILES string of the molecule is C(=C\C1OC1c1ccccc1)/c1ccccc1. The van der Waals surface area contributed by atoms with E-state index in [2.05, 4.69) is 48.6 Å². The minimum atomic E-state index is 0.234. The van der Waals surface area contributed by atoms with Crippen molar-refractivity contribution in [2.24, 2.45) is 0 Å². The molecular weight excluding hydrogens is 208 g/mol. The van der Waals surface area contributed by atoms with Gasteiger partial charge in [0.2, 0.25) is 0 Å². The van der Waals surface area contributed by atoms with E-state index in [0.717, 1.165) is 0 Å². The van der Waals surface area contributed by atoms with E-state index < -0.39 is 0 Å². The van der Waals surface area contributed by atoms with Crippen LogP contribution in [0.15, 0.2) is 66.7 Å². The molecule has 1 heterocycles. The predicted molar refractivity (Wildman–Crippen MR) is 69.5 cm³/mol. The molecule has 2 aromatic rings. The number of benzene rings is 2. The van der Waals surface area contributed by atoms with Crippen molar-refractivity contribution in [1.29, 1.82) is 0 Å². The maximum Gasteiger partial charge on any atom is 0.113 e. The first-order chi connectivity index (χ1) is 8.43. The van der Waals surface area contributed by atoms with Crippen molar-refractivity contribution in [3.63, 3.8) is 0 Å². The number of hydrogen-bond acceptors (Lipinski definition) is 1. The first-order valence-electron chi connectivity index (χ1n) is 5.87. The first-order valence-corrected chi connectivity index (χ1v) is 5.87. The highest BCUT2D eigenvalue weighted by Crippen LogP contribution is 2.39. The van der Waals surface area contributed by atoms with Crippen LogP contribution >= 0.6 is 0 Å². The summed E-state index contributed by atoms with van der Waals surface area (Å²) in [6.45, 7) is 0. The molecular formula is C16H14O. The summed E-state index contributed by atoms with van der Waals surface area (Å²) in [5.41, 5.74) is 2.48. The molecule has 0 bridgehead atoms. The molecule has 2 aromatic carbocycles. The number of ether oxygens (including phenoxy) is 1. The minimum absolute atomic E-state index is 0.234. The number of rotatable bonds is 3. The van der Waals surface area contributed by atoms with E-state index in [1.165, 1.54) is 11.1 Å². The van der Waals surface area contributed by atoms with Gasteiger partial charge in [-0.05, 0) is 11.1 Å². The topological polar surface area (TPSA) is 12.5 Å². The van der Waals surface area contributed by atoms with E-state index in [0.29, 0.717) is 0 Å². The van der Waals surface area contributed by atoms with Crippen molar-refractivity contribution < 1.29 is 4.74 Å². The molecule has 84 valence electrons. The van der Waals surface area contributed by atoms with Crippen LogP contribution in [-0.4, -0.2) is 6.10 Å². The average molecular weight is 222 g/mol. The van der Waals surface area contributed by atoms with Crippen molar-refractivity contribution in [2.75, 3.05) is 0 Å². The Kier molecular flexibility index (Phi) is 2.76. The fourth-order valence-electron chi connectivity index (χ4n) is 1.95. The summed E-state index contributed by atoms with van der Waals surface area (Å²) in [7, 11) is 0. The van der Waals surface area contributed by atoms with Crippen molar-refractivity contribution in [2.45, 2.75) is 12.2 Å². The highest BCUT2D eigenvalue weighted by atomic mass is 16.6. The summed E-state index contributed by atoms with van der Waals surface area (Å²) >= 11 is 0. The summed E-state index contributed by atoms with van der Waals surface area (Å²) in [5.74, 6) is 0. The van der Waals surface area contributed by atoms with Gasteiger partial charge in [0.05, 0.1) is 0 Å². The Bertz CT molecular complexity index is 502. The fraction of sp³-hybridized carbons (Fsp3) is 0.125. The van der Waals surface area contributed by atoms with Gasteiger partial charge in [0.1, 0.15) is 12.2 Å². The van der Waals surface area contributed by atoms with Gasteiger partial charge in [-0.3, -0.25) is 0 Å². The second kappa shape index (κ2) is 4.56. The second-order valence-electron chi connectivity index (χ2n) is 4.20. The van der Waals surface area contributed by atoms with Crippen LogP contribution < -0.4 is 0 Å². The molecule has 0 amide bonds. The molecule has 1 nitrogen and oxygen atoms in total. The van der Waals surface area contributed by atoms with Crippen LogP contribution in [0, 0.1) is 0 Å². The van der Waals surface area contributed by atoms with Crippen LogP contribution in [0.4, 0.5) is 0 Å². The van der Waals surface area contributed by atoms with Crippen LogP contribution in [0.3, 0.4) is 0 Å². The largest absolute Gasteiger partial charge is 0.360 e. The lowest BCUT2D eigenvalue weighted by Gasteiger charge is -1.92. The Morgan fingerprint density at radius 2 is 1.47 bits per heavy atom. The molecule has 1 fully saturated rings. The lowest BCUT2D eigenvalue weighted by atomic mass is 10.1. The first kappa shape index (κ1) is 10.3. The van der Waals surface area contributed by atoms with Crippen molar-refractivity contribution in [3.05, 3.63) is 77.9 Å². The molecule has 0 saturated carbocycles. The van der Waals surface area contributed by atoms with Gasteiger partial charge >= 0.3 is 0 Å². The van der Waals surface area contributed by atoms with Gasteiger partial charge in [0, 0.05) is 0 Å². The Hall–Kier alpha value is -1.86. The van der Waals surface area contributed by atoms with E-state index in [1.54, 1.807) is 0 Å². The maximum absolute atomic E-state index is 5.64. The summed E-state index contributed by atoms with van der Waals surface area (Å²) in [6, 6.07) is 20.7. The second-order valence-corrected chi connectivity index (χ2v) is 4.20. The van der Waals surface area contributed by atoms with Gasteiger partial charge in [0.25, 0.3) is 0 Å². The molecule has 0 N–H and O–H groups in total. The van der Waals surface area contributed by atoms with Gasteiger partial charge in [-0.2, -0.15) is 0 Å². The molecule has 1 heteroatoms. The van der Waals surface area contributed by atoms with E-state index in [-0.39, 0.29) is 12.2 Å². The smallest absolute Gasteiger partial charge is 0.113 e. The number of hydrogen-bond donors (Lipinski definition) is 0. The van der Waals surface area contributed by atoms with E-state index in [9.17, 15) is 0 Å². The van der Waals surface area contributed by atoms with Crippen LogP contribution in [-0.2, 0) is 4.74 Å². The summed E-state index contributed by atoms with van der Waals surface area (Å²) in [4.78, 5) is 0. The molecule has 0 spiro atoms. The number of epoxide rings is 1. The molecule has 0 aromatic heterocycles. The quantitative estimate of drug-likeness (QED) is 0.719. The summed E-state index contributed by atoms with van der Waals surface area (Å²) in [6.07, 6.45) is 4.73. The highest BCUT2D eigenvalue weighted by Gasteiger charge is 2.37. The van der Waals surface area contributed by atoms with Gasteiger partial charge in [-0.25, -0.2) is 0 Å². The summed E-state index contributed by atoms with van der Waals surface area (Å²) < 4.78 is 5.64. The van der Waals surface area contributed by atoms with Crippen LogP contribution in [0.1, 0.15) is 17.2 Å². The van der Waals surface area contributed by atoms with Gasteiger partial charge in [0.15, 0.2) is 0 Å². The normalized spacial score (nSPS) is 22.8. The zero-order valence-electron chi connectivity index (χ0n) is 9.49. The Labute approximate surface area is 101 Å². The zero-order chi connectivity index (χ0) is 11.5. The van der Waals surface area contributed by atoms with Gasteiger partial charge < -0.3 is 4.74 Å². The minimum Gasteiger partial charge on any atom is -0.360 e. The van der Waals surface area contributed by atoms with Crippen molar-refractivity contribution >= 4 is 6.08 Å². The van der Waals surface area contributed by atoms with Crippen molar-refractivity contribution in [1.82, 2.24) is 0 Å². The molecule has 1 aliphatic rings. The molecule has 2 unspecified atom stereocenters. The fourth-order valence-corrected chi connectivity index (χ4v) is 1.95. The third-order valence-corrected chi connectivity index (χ3v) is 2.93. The lowest BCUT2D eigenvalue weighted by Crippen LogP contribution is -1.83. The molecule has 0 radical (unpaired) electrons. The lowest BCUT2D eigenvalue weighted by molar-refractivity contribution is 0.394. The van der Waals surface area contributed by atoms with E-state index in [4.69, 9.17) is 4.74 Å². The van der Waals surface area contributed by atoms with Gasteiger partial charge in [-0.1, -0.05) is 72.8 Å². The third kappa shape index (κ3) is 2.45. The molecule has 2 atom stereocenters. The standard InChI is InChI=1S/C16H14O/c1-3-7-13(8-4-1)11-12-15-16(17-15)14-9-5-2-6-10-14/h1-12,15-16H/b12-11+. The van der Waals surface area contributed by atoms with Gasteiger partial charge in [-0.15, -0.1) is 0 Å². The van der Waals surface area contributed by atoms with Crippen LogP contribution in [0.2, 0.25) is 0 Å². The molecule has 1 saturated heterocycles. The van der Waals surface area contributed by atoms with Crippen molar-refractivity contribution in [3.8, 4) is 0 Å². The molecule has 17 heavy (non-hydrogen) atoms. The monoisotopic (exact) mass is 222 g/mol. The summed E-state index contributed by atoms with van der Waals surface area (Å²) in [5, 5.41) is 0. The maximum atomic E-state index is 5.64. The van der Waals surface area contributed by atoms with E-state index in [1.807, 2.05) is 24.3 Å². The van der Waals surface area contributed by atoms with E-state index >= 15 is 0 Å². The molecule has 1 aliphatic heterocycles. The highest BCUT2D eigenvalue weighted by molar-refractivity contribution is 5.50. The molecule has 0 aliphatic carbocycles. The molecule has 3 rings (SSSR count). The Morgan fingerprint density at radius 3 is 2.18 bits per heavy atom. The Morgan fingerprint density at radius 1 is 0.824 bits per heavy atom. The zero-order valence-corrected chi connectivity index (χ0v) is 9.49. The Balaban J connectivity index is 1.65. The predicted octanol–water partition coefficient (Wildman–Crippen LogP) is 3.84. The average Bonchev–Trinajstić information content (AvgIpc) is 3.18.